The first-order valence-corrected chi connectivity index (χ1v) is 10.4. The molecule has 0 radical (unpaired) electrons. The van der Waals surface area contributed by atoms with Crippen molar-refractivity contribution in [2.24, 2.45) is 7.05 Å². The molecular weight excluding hydrogens is 392 g/mol. The smallest absolute Gasteiger partial charge is 0.292 e. The van der Waals surface area contributed by atoms with Crippen molar-refractivity contribution in [1.82, 2.24) is 24.8 Å². The molecule has 0 spiro atoms. The third-order valence-corrected chi connectivity index (χ3v) is 6.03. The Morgan fingerprint density at radius 1 is 1.06 bits per heavy atom. The monoisotopic (exact) mass is 416 g/mol. The number of nitrogens with zero attached hydrogens (tertiary/aromatic N) is 6. The van der Waals surface area contributed by atoms with Gasteiger partial charge in [0, 0.05) is 55.9 Å². The summed E-state index contributed by atoms with van der Waals surface area (Å²) in [5, 5.41) is 9.48. The van der Waals surface area contributed by atoms with E-state index in [2.05, 4.69) is 34.2 Å². The van der Waals surface area contributed by atoms with E-state index in [-0.39, 0.29) is 11.7 Å². The molecule has 3 aromatic heterocycles. The number of anilines is 1. The van der Waals surface area contributed by atoms with Crippen LogP contribution in [-0.4, -0.2) is 56.9 Å². The fourth-order valence-corrected chi connectivity index (χ4v) is 4.04. The van der Waals surface area contributed by atoms with Crippen LogP contribution >= 0.6 is 0 Å². The van der Waals surface area contributed by atoms with E-state index in [1.54, 1.807) is 16.9 Å². The van der Waals surface area contributed by atoms with Gasteiger partial charge in [0.05, 0.1) is 11.7 Å². The molecule has 4 heterocycles. The van der Waals surface area contributed by atoms with Crippen molar-refractivity contribution >= 4 is 22.6 Å². The highest BCUT2D eigenvalue weighted by atomic mass is 16.5. The summed E-state index contributed by atoms with van der Waals surface area (Å²) in [5.74, 6) is 1.08. The van der Waals surface area contributed by atoms with Gasteiger partial charge < -0.3 is 14.3 Å². The molecular formula is C23H24N6O2. The molecule has 1 saturated heterocycles. The largest absolute Gasteiger partial charge is 0.353 e. The van der Waals surface area contributed by atoms with Gasteiger partial charge in [-0.25, -0.2) is 4.98 Å². The van der Waals surface area contributed by atoms with Crippen LogP contribution in [0.15, 0.2) is 47.1 Å². The fourth-order valence-electron chi connectivity index (χ4n) is 4.04. The van der Waals surface area contributed by atoms with Crippen molar-refractivity contribution in [3.63, 3.8) is 0 Å². The van der Waals surface area contributed by atoms with Crippen molar-refractivity contribution < 1.29 is 9.32 Å². The van der Waals surface area contributed by atoms with E-state index >= 15 is 0 Å². The van der Waals surface area contributed by atoms with Crippen molar-refractivity contribution in [3.05, 3.63) is 59.6 Å². The first-order valence-electron chi connectivity index (χ1n) is 10.4. The molecule has 8 nitrogen and oxygen atoms in total. The molecule has 31 heavy (non-hydrogen) atoms. The normalized spacial score (nSPS) is 14.4. The molecule has 0 aliphatic carbocycles. The first-order chi connectivity index (χ1) is 15.0. The lowest BCUT2D eigenvalue weighted by Gasteiger charge is -2.35. The number of piperazine rings is 1. The molecule has 4 aromatic rings. The van der Waals surface area contributed by atoms with Gasteiger partial charge in [0.2, 0.25) is 5.76 Å². The second kappa shape index (κ2) is 7.54. The highest BCUT2D eigenvalue weighted by Gasteiger charge is 2.26. The van der Waals surface area contributed by atoms with E-state index in [0.29, 0.717) is 18.8 Å². The average Bonchev–Trinajstić information content (AvgIpc) is 3.40. The number of pyridine rings is 1. The zero-order chi connectivity index (χ0) is 21.5. The number of benzene rings is 1. The summed E-state index contributed by atoms with van der Waals surface area (Å²) in [6, 6.07) is 12.0. The van der Waals surface area contributed by atoms with Crippen LogP contribution < -0.4 is 4.90 Å². The summed E-state index contributed by atoms with van der Waals surface area (Å²) in [5.41, 5.74) is 4.67. The molecule has 0 atom stereocenters. The predicted molar refractivity (Wildman–Crippen MR) is 118 cm³/mol. The van der Waals surface area contributed by atoms with Crippen LogP contribution in [-0.2, 0) is 7.05 Å². The molecule has 0 unspecified atom stereocenters. The van der Waals surface area contributed by atoms with Gasteiger partial charge in [0.1, 0.15) is 11.5 Å². The molecule has 1 aliphatic rings. The van der Waals surface area contributed by atoms with Crippen LogP contribution in [0.1, 0.15) is 21.8 Å². The molecule has 0 bridgehead atoms. The molecule has 1 amide bonds. The summed E-state index contributed by atoms with van der Waals surface area (Å²) in [4.78, 5) is 21.8. The Labute approximate surface area is 180 Å². The minimum Gasteiger partial charge on any atom is -0.353 e. The van der Waals surface area contributed by atoms with Gasteiger partial charge in [-0.05, 0) is 31.5 Å². The molecule has 1 aliphatic heterocycles. The van der Waals surface area contributed by atoms with Crippen LogP contribution in [0, 0.1) is 13.8 Å². The fraction of sp³-hybridized carbons (Fsp3) is 0.304. The Bertz CT molecular complexity index is 1270. The Kier molecular flexibility index (Phi) is 4.69. The van der Waals surface area contributed by atoms with Crippen LogP contribution in [0.5, 0.6) is 0 Å². The van der Waals surface area contributed by atoms with E-state index in [4.69, 9.17) is 9.51 Å². The van der Waals surface area contributed by atoms with Gasteiger partial charge in [0.25, 0.3) is 5.91 Å². The second-order valence-electron chi connectivity index (χ2n) is 7.94. The van der Waals surface area contributed by atoms with Crippen molar-refractivity contribution in [2.45, 2.75) is 13.8 Å². The zero-order valence-electron chi connectivity index (χ0n) is 17.9. The number of carbonyl (C=O) groups is 1. The maximum absolute atomic E-state index is 12.9. The van der Waals surface area contributed by atoms with E-state index in [1.165, 1.54) is 10.9 Å². The van der Waals surface area contributed by atoms with E-state index < -0.39 is 0 Å². The Morgan fingerprint density at radius 2 is 1.84 bits per heavy atom. The minimum absolute atomic E-state index is 0.136. The standard InChI is InChI=1S/C23H24N6O2/c1-15-12-22(25-19-7-5-4-6-17(15)19)28-8-10-29(11-9-28)23(30)21-13-20(26-31-21)18-14-24-27(3)16(18)2/h4-7,12-14H,8-11H2,1-3H3. The third kappa shape index (κ3) is 3.43. The number of para-hydroxylation sites is 1. The molecule has 0 N–H and O–H groups in total. The second-order valence-corrected chi connectivity index (χ2v) is 7.94. The van der Waals surface area contributed by atoms with Gasteiger partial charge in [-0.2, -0.15) is 5.10 Å². The Balaban J connectivity index is 1.29. The van der Waals surface area contributed by atoms with Crippen LogP contribution in [0.3, 0.4) is 0 Å². The molecule has 158 valence electrons. The topological polar surface area (TPSA) is 80.3 Å². The number of hydrogen-bond acceptors (Lipinski definition) is 6. The number of rotatable bonds is 3. The van der Waals surface area contributed by atoms with Crippen molar-refractivity contribution in [3.8, 4) is 11.3 Å². The summed E-state index contributed by atoms with van der Waals surface area (Å²) in [6.45, 7) is 6.72. The molecule has 0 saturated carbocycles. The molecule has 1 fully saturated rings. The number of fused-ring (bicyclic) bond motifs is 1. The lowest BCUT2D eigenvalue weighted by Crippen LogP contribution is -2.49. The number of carbonyl (C=O) groups excluding carboxylic acids is 1. The zero-order valence-corrected chi connectivity index (χ0v) is 17.9. The predicted octanol–water partition coefficient (Wildman–Crippen LogP) is 3.20. The molecule has 8 heteroatoms. The lowest BCUT2D eigenvalue weighted by atomic mass is 10.1. The molecule has 1 aromatic carbocycles. The van der Waals surface area contributed by atoms with Gasteiger partial charge in [0.15, 0.2) is 0 Å². The summed E-state index contributed by atoms with van der Waals surface area (Å²) in [7, 11) is 1.87. The number of aryl methyl sites for hydroxylation is 2. The number of aromatic nitrogens is 4. The van der Waals surface area contributed by atoms with Crippen LogP contribution in [0.4, 0.5) is 5.82 Å². The SMILES string of the molecule is Cc1cc(N2CCN(C(=O)c3cc(-c4cnn(C)c4C)no3)CC2)nc2ccccc12. The lowest BCUT2D eigenvalue weighted by molar-refractivity contribution is 0.0704. The van der Waals surface area contributed by atoms with Crippen molar-refractivity contribution in [1.29, 1.82) is 0 Å². The first kappa shape index (κ1) is 19.3. The van der Waals surface area contributed by atoms with E-state index in [1.807, 2.05) is 37.1 Å². The summed E-state index contributed by atoms with van der Waals surface area (Å²) in [6.07, 6.45) is 1.73. The Morgan fingerprint density at radius 3 is 2.58 bits per heavy atom. The number of hydrogen-bond donors (Lipinski definition) is 0. The molecule has 5 rings (SSSR count). The summed E-state index contributed by atoms with van der Waals surface area (Å²) < 4.78 is 7.14. The third-order valence-electron chi connectivity index (χ3n) is 6.03. The van der Waals surface area contributed by atoms with Gasteiger partial charge >= 0.3 is 0 Å². The van der Waals surface area contributed by atoms with Gasteiger partial charge in [-0.15, -0.1) is 0 Å². The van der Waals surface area contributed by atoms with Gasteiger partial charge in [-0.1, -0.05) is 23.4 Å². The number of amides is 1. The van der Waals surface area contributed by atoms with Crippen LogP contribution in [0.25, 0.3) is 22.2 Å². The van der Waals surface area contributed by atoms with Gasteiger partial charge in [-0.3, -0.25) is 9.48 Å². The highest BCUT2D eigenvalue weighted by molar-refractivity contribution is 5.92. The maximum Gasteiger partial charge on any atom is 0.292 e. The van der Waals surface area contributed by atoms with Crippen LogP contribution in [0.2, 0.25) is 0 Å². The average molecular weight is 416 g/mol. The summed E-state index contributed by atoms with van der Waals surface area (Å²) >= 11 is 0. The van der Waals surface area contributed by atoms with E-state index in [9.17, 15) is 4.79 Å². The Hall–Kier alpha value is -3.68. The quantitative estimate of drug-likeness (QED) is 0.510. The minimum atomic E-state index is -0.136. The van der Waals surface area contributed by atoms with Crippen molar-refractivity contribution in [2.75, 3.05) is 31.1 Å². The maximum atomic E-state index is 12.9. The highest BCUT2D eigenvalue weighted by Crippen LogP contribution is 2.25. The van der Waals surface area contributed by atoms with E-state index in [0.717, 1.165) is 35.7 Å².